The summed E-state index contributed by atoms with van der Waals surface area (Å²) < 4.78 is 48.7. The Hall–Kier alpha value is -3.95. The molecule has 0 spiro atoms. The van der Waals surface area contributed by atoms with Crippen LogP contribution in [0.4, 0.5) is 13.2 Å². The molecule has 7 rings (SSSR count). The van der Waals surface area contributed by atoms with Crippen molar-refractivity contribution in [2.45, 2.75) is 25.1 Å². The molecule has 3 aromatic carbocycles. The molecule has 2 aliphatic rings. The summed E-state index contributed by atoms with van der Waals surface area (Å²) in [6.07, 6.45) is -1.16. The Balaban J connectivity index is 1.36. The van der Waals surface area contributed by atoms with Gasteiger partial charge in [-0.05, 0) is 65.9 Å². The number of alkyl halides is 3. The molecular formula is C32H20BrF3N2O2S. The molecule has 4 nitrogen and oxygen atoms in total. The van der Waals surface area contributed by atoms with Crippen LogP contribution in [0.3, 0.4) is 0 Å². The standard InChI is InChI=1S/C32H20BrF3N2O2S/c33-22-11-8-19(9-12-22)29-25-14-10-18-4-1-2-7-24(18)28(25)37-31-38(29)30(39)27(41-31)17-23-13-15-26(40-23)20-5-3-6-21(16-20)32(34,35)36/h1-9,11-13,15-17,29H,10,14H2. The lowest BCUT2D eigenvalue weighted by Gasteiger charge is -2.30. The van der Waals surface area contributed by atoms with Crippen molar-refractivity contribution in [2.24, 2.45) is 4.99 Å². The fourth-order valence-corrected chi connectivity index (χ4v) is 6.78. The first-order valence-electron chi connectivity index (χ1n) is 12.9. The number of thiazole rings is 1. The van der Waals surface area contributed by atoms with E-state index in [1.54, 1.807) is 28.8 Å². The number of allylic oxidation sites excluding steroid dienone is 1. The van der Waals surface area contributed by atoms with Crippen LogP contribution in [0.1, 0.15) is 40.5 Å². The smallest absolute Gasteiger partial charge is 0.416 e. The second kappa shape index (κ2) is 9.85. The lowest BCUT2D eigenvalue weighted by molar-refractivity contribution is -0.137. The van der Waals surface area contributed by atoms with E-state index >= 15 is 0 Å². The van der Waals surface area contributed by atoms with Gasteiger partial charge in [0, 0.05) is 21.7 Å². The second-order valence-corrected chi connectivity index (χ2v) is 11.9. The lowest BCUT2D eigenvalue weighted by atomic mass is 9.83. The normalized spacial score (nSPS) is 16.7. The first kappa shape index (κ1) is 26.0. The van der Waals surface area contributed by atoms with Crippen LogP contribution >= 0.6 is 27.3 Å². The van der Waals surface area contributed by atoms with Crippen molar-refractivity contribution < 1.29 is 17.6 Å². The van der Waals surface area contributed by atoms with E-state index in [0.29, 0.717) is 20.7 Å². The summed E-state index contributed by atoms with van der Waals surface area (Å²) in [5.74, 6) is 0.659. The third-order valence-corrected chi connectivity index (χ3v) is 8.94. The van der Waals surface area contributed by atoms with Crippen LogP contribution in [0.2, 0.25) is 0 Å². The van der Waals surface area contributed by atoms with Crippen molar-refractivity contribution in [1.29, 1.82) is 0 Å². The maximum absolute atomic E-state index is 13.9. The molecule has 2 aromatic heterocycles. The number of fused-ring (bicyclic) bond motifs is 3. The molecule has 9 heteroatoms. The summed E-state index contributed by atoms with van der Waals surface area (Å²) in [5, 5.41) is 0. The van der Waals surface area contributed by atoms with Gasteiger partial charge in [0.2, 0.25) is 0 Å². The Morgan fingerprint density at radius 3 is 2.59 bits per heavy atom. The van der Waals surface area contributed by atoms with Gasteiger partial charge in [0.15, 0.2) is 4.80 Å². The van der Waals surface area contributed by atoms with Crippen molar-refractivity contribution in [3.8, 4) is 11.3 Å². The first-order chi connectivity index (χ1) is 19.8. The average molecular weight is 633 g/mol. The number of hydrogen-bond donors (Lipinski definition) is 0. The van der Waals surface area contributed by atoms with Crippen LogP contribution in [0, 0.1) is 0 Å². The molecule has 1 aliphatic carbocycles. The highest BCUT2D eigenvalue weighted by Gasteiger charge is 2.33. The summed E-state index contributed by atoms with van der Waals surface area (Å²) in [6.45, 7) is 0. The highest BCUT2D eigenvalue weighted by Crippen LogP contribution is 2.41. The number of rotatable bonds is 3. The minimum Gasteiger partial charge on any atom is -0.457 e. The topological polar surface area (TPSA) is 47.5 Å². The first-order valence-corrected chi connectivity index (χ1v) is 14.5. The largest absolute Gasteiger partial charge is 0.457 e. The molecule has 1 atom stereocenters. The van der Waals surface area contributed by atoms with E-state index in [9.17, 15) is 18.0 Å². The molecule has 204 valence electrons. The zero-order valence-corrected chi connectivity index (χ0v) is 23.7. The Bertz CT molecular complexity index is 2030. The number of halogens is 4. The minimum absolute atomic E-state index is 0.191. The maximum Gasteiger partial charge on any atom is 0.416 e. The van der Waals surface area contributed by atoms with E-state index in [2.05, 4.69) is 28.1 Å². The van der Waals surface area contributed by atoms with Crippen molar-refractivity contribution in [3.63, 3.8) is 0 Å². The SMILES string of the molecule is O=c1c(=Cc2ccc(-c3cccc(C(F)(F)F)c3)o2)sc2n1C(c1ccc(Br)cc1)C1=C(N=2)c2ccccc2CC1. The Kier molecular flexibility index (Phi) is 6.24. The summed E-state index contributed by atoms with van der Waals surface area (Å²) >= 11 is 4.79. The molecule has 5 aromatic rings. The second-order valence-electron chi connectivity index (χ2n) is 9.95. The lowest BCUT2D eigenvalue weighted by Crippen LogP contribution is -2.38. The molecule has 0 saturated carbocycles. The van der Waals surface area contributed by atoms with E-state index in [1.165, 1.54) is 23.0 Å². The number of furan rings is 1. The van der Waals surface area contributed by atoms with Gasteiger partial charge in [-0.1, -0.05) is 75.8 Å². The van der Waals surface area contributed by atoms with Gasteiger partial charge in [0.05, 0.1) is 21.8 Å². The van der Waals surface area contributed by atoms with Crippen LogP contribution < -0.4 is 14.9 Å². The number of aryl methyl sites for hydroxylation is 1. The van der Waals surface area contributed by atoms with E-state index in [4.69, 9.17) is 9.41 Å². The van der Waals surface area contributed by atoms with E-state index in [1.807, 2.05) is 36.4 Å². The van der Waals surface area contributed by atoms with Gasteiger partial charge in [0.1, 0.15) is 11.5 Å². The highest BCUT2D eigenvalue weighted by atomic mass is 79.9. The molecule has 41 heavy (non-hydrogen) atoms. The zero-order chi connectivity index (χ0) is 28.3. The fourth-order valence-electron chi connectivity index (χ4n) is 5.53. The highest BCUT2D eigenvalue weighted by molar-refractivity contribution is 9.10. The summed E-state index contributed by atoms with van der Waals surface area (Å²) in [7, 11) is 0. The predicted octanol–water partition coefficient (Wildman–Crippen LogP) is 7.36. The Labute approximate surface area is 244 Å². The number of aromatic nitrogens is 1. The third kappa shape index (κ3) is 4.63. The van der Waals surface area contributed by atoms with E-state index in [0.717, 1.165) is 51.8 Å². The van der Waals surface area contributed by atoms with Gasteiger partial charge < -0.3 is 4.42 Å². The van der Waals surface area contributed by atoms with Gasteiger partial charge in [-0.3, -0.25) is 9.36 Å². The number of nitrogens with zero attached hydrogens (tertiary/aromatic N) is 2. The van der Waals surface area contributed by atoms with Crippen LogP contribution in [0.5, 0.6) is 0 Å². The fraction of sp³-hybridized carbons (Fsp3) is 0.125. The third-order valence-electron chi connectivity index (χ3n) is 7.43. The Morgan fingerprint density at radius 2 is 1.78 bits per heavy atom. The number of benzene rings is 3. The molecule has 0 radical (unpaired) electrons. The Morgan fingerprint density at radius 1 is 0.976 bits per heavy atom. The van der Waals surface area contributed by atoms with Gasteiger partial charge in [-0.25, -0.2) is 4.99 Å². The molecule has 0 saturated heterocycles. The van der Waals surface area contributed by atoms with Crippen molar-refractivity contribution >= 4 is 39.0 Å². The summed E-state index contributed by atoms with van der Waals surface area (Å²) in [4.78, 5) is 19.5. The average Bonchev–Trinajstić information content (AvgIpc) is 3.56. The van der Waals surface area contributed by atoms with Crippen molar-refractivity contribution in [1.82, 2.24) is 4.57 Å². The minimum atomic E-state index is -4.45. The number of hydrogen-bond acceptors (Lipinski definition) is 4. The van der Waals surface area contributed by atoms with E-state index in [-0.39, 0.29) is 17.4 Å². The monoisotopic (exact) mass is 632 g/mol. The summed E-state index contributed by atoms with van der Waals surface area (Å²) in [5.41, 5.74) is 4.71. The molecule has 1 unspecified atom stereocenters. The molecule has 0 fully saturated rings. The molecule has 0 bridgehead atoms. The maximum atomic E-state index is 13.9. The quantitative estimate of drug-likeness (QED) is 0.209. The van der Waals surface area contributed by atoms with Gasteiger partial charge in [-0.2, -0.15) is 13.2 Å². The molecule has 3 heterocycles. The molecule has 0 amide bonds. The van der Waals surface area contributed by atoms with Crippen molar-refractivity contribution in [3.05, 3.63) is 143 Å². The van der Waals surface area contributed by atoms with E-state index < -0.39 is 11.7 Å². The summed E-state index contributed by atoms with van der Waals surface area (Å²) in [6, 6.07) is 24.2. The zero-order valence-electron chi connectivity index (χ0n) is 21.3. The van der Waals surface area contributed by atoms with Gasteiger partial charge in [0.25, 0.3) is 5.56 Å². The van der Waals surface area contributed by atoms with Crippen LogP contribution in [-0.4, -0.2) is 4.57 Å². The van der Waals surface area contributed by atoms with Gasteiger partial charge >= 0.3 is 6.18 Å². The predicted molar refractivity (Wildman–Crippen MR) is 156 cm³/mol. The van der Waals surface area contributed by atoms with Crippen LogP contribution in [0.15, 0.2) is 109 Å². The molecular weight excluding hydrogens is 613 g/mol. The molecule has 1 aliphatic heterocycles. The van der Waals surface area contributed by atoms with Crippen LogP contribution in [-0.2, 0) is 12.6 Å². The van der Waals surface area contributed by atoms with Crippen LogP contribution in [0.25, 0.3) is 23.1 Å². The van der Waals surface area contributed by atoms with Gasteiger partial charge in [-0.15, -0.1) is 0 Å². The van der Waals surface area contributed by atoms with Crippen molar-refractivity contribution in [2.75, 3.05) is 0 Å². The molecule has 0 N–H and O–H groups in total.